The zero-order chi connectivity index (χ0) is 22.0. The van der Waals surface area contributed by atoms with E-state index in [1.165, 1.54) is 7.11 Å². The molecule has 3 aromatic carbocycles. The van der Waals surface area contributed by atoms with Gasteiger partial charge < -0.3 is 4.74 Å². The Balaban J connectivity index is 1.87. The van der Waals surface area contributed by atoms with E-state index >= 15 is 0 Å². The van der Waals surface area contributed by atoms with Crippen LogP contribution in [0.1, 0.15) is 23.3 Å². The third-order valence-corrected chi connectivity index (χ3v) is 6.31. The van der Waals surface area contributed by atoms with Crippen LogP contribution in [0.3, 0.4) is 0 Å². The summed E-state index contributed by atoms with van der Waals surface area (Å²) in [6.45, 7) is 0. The number of ketones is 1. The molecular formula is C24H19Br2NO4. The van der Waals surface area contributed by atoms with Crippen LogP contribution in [0.25, 0.3) is 0 Å². The number of hydrogen-bond donors (Lipinski definition) is 0. The van der Waals surface area contributed by atoms with Crippen molar-refractivity contribution in [2.45, 2.75) is 12.1 Å². The highest BCUT2D eigenvalue weighted by molar-refractivity contribution is 9.10. The number of rotatable bonds is 5. The molecule has 1 saturated heterocycles. The summed E-state index contributed by atoms with van der Waals surface area (Å²) in [7, 11) is 1.22. The van der Waals surface area contributed by atoms with Gasteiger partial charge in [-0.3, -0.25) is 9.63 Å². The lowest BCUT2D eigenvalue weighted by molar-refractivity contribution is -0.154. The third kappa shape index (κ3) is 4.44. The van der Waals surface area contributed by atoms with Crippen molar-refractivity contribution in [3.63, 3.8) is 0 Å². The Bertz CT molecular complexity index is 1070. The van der Waals surface area contributed by atoms with Crippen LogP contribution in [0, 0.1) is 5.92 Å². The van der Waals surface area contributed by atoms with Gasteiger partial charge in [0.05, 0.1) is 24.8 Å². The van der Waals surface area contributed by atoms with E-state index in [2.05, 4.69) is 31.9 Å². The van der Waals surface area contributed by atoms with Gasteiger partial charge in [-0.2, -0.15) is 0 Å². The number of methoxy groups -OCH3 is 1. The van der Waals surface area contributed by atoms with Gasteiger partial charge in [0.15, 0.2) is 0 Å². The van der Waals surface area contributed by atoms with E-state index in [0.717, 1.165) is 25.8 Å². The lowest BCUT2D eigenvalue weighted by Crippen LogP contribution is -2.33. The van der Waals surface area contributed by atoms with E-state index in [0.29, 0.717) is 0 Å². The lowest BCUT2D eigenvalue weighted by atomic mass is 9.83. The Morgan fingerprint density at radius 1 is 0.839 bits per heavy atom. The number of hydrogen-bond acceptors (Lipinski definition) is 5. The normalized spacial score (nSPS) is 20.5. The Morgan fingerprint density at radius 2 is 1.39 bits per heavy atom. The molecule has 0 aromatic heterocycles. The van der Waals surface area contributed by atoms with Crippen molar-refractivity contribution in [1.29, 1.82) is 0 Å². The summed E-state index contributed by atoms with van der Waals surface area (Å²) in [5, 5.41) is 1.72. The number of Topliss-reactive ketones (excluding diaryl/α,β-unsaturated/α-hetero) is 1. The van der Waals surface area contributed by atoms with Crippen molar-refractivity contribution in [2.24, 2.45) is 5.92 Å². The van der Waals surface area contributed by atoms with Crippen molar-refractivity contribution in [2.75, 3.05) is 12.2 Å². The predicted molar refractivity (Wildman–Crippen MR) is 124 cm³/mol. The first-order valence-corrected chi connectivity index (χ1v) is 11.2. The molecule has 0 spiro atoms. The van der Waals surface area contributed by atoms with Crippen LogP contribution in [0.15, 0.2) is 87.8 Å². The third-order valence-electron chi connectivity index (χ3n) is 5.26. The maximum absolute atomic E-state index is 13.3. The van der Waals surface area contributed by atoms with E-state index in [4.69, 9.17) is 9.57 Å². The number of carbonyl (C=O) groups excluding carboxylic acids is 2. The fraction of sp³-hybridized carbons (Fsp3) is 0.167. The number of halogens is 2. The highest BCUT2D eigenvalue weighted by atomic mass is 79.9. The van der Waals surface area contributed by atoms with Gasteiger partial charge in [-0.15, -0.1) is 0 Å². The molecule has 3 atom stereocenters. The summed E-state index contributed by atoms with van der Waals surface area (Å²) in [4.78, 5) is 32.0. The van der Waals surface area contributed by atoms with E-state index in [-0.39, 0.29) is 0 Å². The molecule has 4 rings (SSSR count). The van der Waals surface area contributed by atoms with Crippen molar-refractivity contribution in [3.05, 3.63) is 98.9 Å². The highest BCUT2D eigenvalue weighted by Gasteiger charge is 2.51. The van der Waals surface area contributed by atoms with Crippen LogP contribution in [0.4, 0.5) is 5.69 Å². The minimum absolute atomic E-state index is 0.518. The fourth-order valence-electron chi connectivity index (χ4n) is 3.80. The Kier molecular flexibility index (Phi) is 6.55. The first-order valence-electron chi connectivity index (χ1n) is 9.63. The molecule has 3 aromatic rings. The molecule has 7 heteroatoms. The zero-order valence-corrected chi connectivity index (χ0v) is 19.7. The number of nitrogens with zero attached hydrogens (tertiary/aromatic N) is 1. The zero-order valence-electron chi connectivity index (χ0n) is 16.6. The van der Waals surface area contributed by atoms with Crippen LogP contribution < -0.4 is 5.06 Å². The van der Waals surface area contributed by atoms with Crippen molar-refractivity contribution in [3.8, 4) is 0 Å². The summed E-state index contributed by atoms with van der Waals surface area (Å²) >= 11 is 6.90. The second kappa shape index (κ2) is 9.34. The molecule has 0 saturated carbocycles. The van der Waals surface area contributed by atoms with Gasteiger partial charge in [0.2, 0.25) is 5.78 Å². The number of hydroxylamine groups is 1. The Morgan fingerprint density at radius 3 is 1.94 bits per heavy atom. The first-order chi connectivity index (χ1) is 15.0. The molecule has 0 unspecified atom stereocenters. The molecule has 5 nitrogen and oxygen atoms in total. The number of para-hydroxylation sites is 1. The van der Waals surface area contributed by atoms with Crippen LogP contribution in [-0.2, 0) is 19.2 Å². The minimum atomic E-state index is -0.882. The van der Waals surface area contributed by atoms with Gasteiger partial charge in [0, 0.05) is 8.95 Å². The van der Waals surface area contributed by atoms with Crippen molar-refractivity contribution < 1.29 is 19.2 Å². The van der Waals surface area contributed by atoms with E-state index in [1.807, 2.05) is 78.9 Å². The van der Waals surface area contributed by atoms with Crippen LogP contribution in [-0.4, -0.2) is 18.9 Å². The topological polar surface area (TPSA) is 55.8 Å². The van der Waals surface area contributed by atoms with Crippen molar-refractivity contribution >= 4 is 49.3 Å². The fourth-order valence-corrected chi connectivity index (χ4v) is 4.33. The van der Waals surface area contributed by atoms with E-state index in [1.54, 1.807) is 5.06 Å². The Hall–Kier alpha value is -2.48. The molecule has 0 N–H and O–H groups in total. The number of benzene rings is 3. The smallest absolute Gasteiger partial charge is 0.374 e. The molecular weight excluding hydrogens is 526 g/mol. The second-order valence-corrected chi connectivity index (χ2v) is 8.95. The molecule has 0 aliphatic carbocycles. The van der Waals surface area contributed by atoms with Gasteiger partial charge in [-0.25, -0.2) is 9.86 Å². The lowest BCUT2D eigenvalue weighted by Gasteiger charge is -2.26. The van der Waals surface area contributed by atoms with E-state index < -0.39 is 29.8 Å². The maximum atomic E-state index is 13.3. The highest BCUT2D eigenvalue weighted by Crippen LogP contribution is 2.49. The predicted octanol–water partition coefficient (Wildman–Crippen LogP) is 5.80. The van der Waals surface area contributed by atoms with Gasteiger partial charge in [-0.05, 0) is 47.5 Å². The summed E-state index contributed by atoms with van der Waals surface area (Å²) in [6.07, 6.45) is -0.659. The van der Waals surface area contributed by atoms with Crippen LogP contribution in [0.2, 0.25) is 0 Å². The maximum Gasteiger partial charge on any atom is 0.374 e. The van der Waals surface area contributed by atoms with Gasteiger partial charge >= 0.3 is 5.97 Å². The summed E-state index contributed by atoms with van der Waals surface area (Å²) < 4.78 is 6.62. The van der Waals surface area contributed by atoms with Gasteiger partial charge in [0.25, 0.3) is 0 Å². The molecule has 1 heterocycles. The largest absolute Gasteiger partial charge is 0.463 e. The molecule has 158 valence electrons. The molecule has 0 amide bonds. The molecule has 0 radical (unpaired) electrons. The average molecular weight is 545 g/mol. The molecule has 1 aliphatic rings. The number of ether oxygens (including phenoxy) is 1. The first kappa shape index (κ1) is 21.7. The SMILES string of the molecule is COC(=O)C(=O)[C@@H]1[C@@H](c2ccc(Br)cc2)N(c2ccccc2)O[C@H]1c1ccc(Br)cc1. The van der Waals surface area contributed by atoms with Crippen LogP contribution >= 0.6 is 31.9 Å². The quantitative estimate of drug-likeness (QED) is 0.300. The number of anilines is 1. The van der Waals surface area contributed by atoms with Gasteiger partial charge in [-0.1, -0.05) is 74.3 Å². The summed E-state index contributed by atoms with van der Waals surface area (Å²) in [5.74, 6) is -2.30. The van der Waals surface area contributed by atoms with E-state index in [9.17, 15) is 9.59 Å². The molecule has 1 aliphatic heterocycles. The van der Waals surface area contributed by atoms with Gasteiger partial charge in [0.1, 0.15) is 6.10 Å². The van der Waals surface area contributed by atoms with Crippen molar-refractivity contribution in [1.82, 2.24) is 0 Å². The summed E-state index contributed by atoms with van der Waals surface area (Å²) in [5.41, 5.74) is 2.44. The standard InChI is InChI=1S/C24H19Br2NO4/c1-30-24(29)22(28)20-21(15-7-11-17(25)12-8-15)27(19-5-3-2-4-6-19)31-23(20)16-9-13-18(26)14-10-16/h2-14,20-21,23H,1H3/t20-,21+,23-/m0/s1. The monoisotopic (exact) mass is 543 g/mol. The summed E-state index contributed by atoms with van der Waals surface area (Å²) in [6, 6.07) is 24.2. The molecule has 0 bridgehead atoms. The Labute approximate surface area is 197 Å². The average Bonchev–Trinajstić information content (AvgIpc) is 3.20. The minimum Gasteiger partial charge on any atom is -0.463 e. The molecule has 31 heavy (non-hydrogen) atoms. The number of esters is 1. The second-order valence-electron chi connectivity index (χ2n) is 7.12. The van der Waals surface area contributed by atoms with Crippen LogP contribution in [0.5, 0.6) is 0 Å². The number of carbonyl (C=O) groups is 2. The molecule has 1 fully saturated rings.